The van der Waals surface area contributed by atoms with Crippen LogP contribution >= 0.6 is 0 Å². The van der Waals surface area contributed by atoms with Gasteiger partial charge in [-0.1, -0.05) is 6.07 Å². The van der Waals surface area contributed by atoms with E-state index in [0.717, 1.165) is 4.90 Å². The summed E-state index contributed by atoms with van der Waals surface area (Å²) in [6, 6.07) is 11.5. The molecule has 3 aromatic rings. The van der Waals surface area contributed by atoms with Crippen molar-refractivity contribution in [2.24, 2.45) is 0 Å². The number of anilines is 1. The largest absolute Gasteiger partial charge is 0.493 e. The smallest absolute Gasteiger partial charge is 0.373 e. The summed E-state index contributed by atoms with van der Waals surface area (Å²) >= 11 is 0. The summed E-state index contributed by atoms with van der Waals surface area (Å²) in [7, 11) is 2.68. The molecule has 12 nitrogen and oxygen atoms in total. The Morgan fingerprint density at radius 1 is 1.00 bits per heavy atom. The van der Waals surface area contributed by atoms with Gasteiger partial charge in [-0.15, -0.1) is 0 Å². The molecule has 38 heavy (non-hydrogen) atoms. The number of barbiturate groups is 1. The molecule has 0 aliphatic carbocycles. The molecule has 0 spiro atoms. The average molecular weight is 520 g/mol. The first-order valence-electron chi connectivity index (χ1n) is 11.2. The minimum Gasteiger partial charge on any atom is -0.493 e. The molecule has 2 aliphatic rings. The molecule has 1 N–H and O–H groups in total. The van der Waals surface area contributed by atoms with E-state index < -0.39 is 23.8 Å². The zero-order valence-corrected chi connectivity index (χ0v) is 20.1. The minimum absolute atomic E-state index is 0.00128. The van der Waals surface area contributed by atoms with Crippen molar-refractivity contribution >= 4 is 35.6 Å². The topological polar surface area (TPSA) is 143 Å². The first-order valence-corrected chi connectivity index (χ1v) is 11.2. The monoisotopic (exact) mass is 520 g/mol. The van der Waals surface area contributed by atoms with E-state index in [1.165, 1.54) is 38.5 Å². The normalized spacial score (nSPS) is 15.5. The molecule has 0 unspecified atom stereocenters. The molecule has 0 radical (unpaired) electrons. The van der Waals surface area contributed by atoms with Crippen molar-refractivity contribution in [2.75, 3.05) is 25.9 Å². The summed E-state index contributed by atoms with van der Waals surface area (Å²) in [4.78, 5) is 50.6. The van der Waals surface area contributed by atoms with Crippen LogP contribution in [-0.2, 0) is 20.9 Å². The lowest BCUT2D eigenvalue weighted by atomic mass is 10.1. The highest BCUT2D eigenvalue weighted by atomic mass is 16.7. The summed E-state index contributed by atoms with van der Waals surface area (Å²) in [5.74, 6) is -0.301. The van der Waals surface area contributed by atoms with Crippen molar-refractivity contribution in [2.45, 2.75) is 6.61 Å². The lowest BCUT2D eigenvalue weighted by molar-refractivity contribution is -0.122. The molecule has 194 valence electrons. The van der Waals surface area contributed by atoms with Gasteiger partial charge in [0.1, 0.15) is 17.9 Å². The summed E-state index contributed by atoms with van der Waals surface area (Å²) in [5.41, 5.74) is 0.396. The number of rotatable bonds is 7. The summed E-state index contributed by atoms with van der Waals surface area (Å²) in [6.45, 7) is 0.0292. The van der Waals surface area contributed by atoms with Crippen LogP contribution in [0.3, 0.4) is 0 Å². The first kappa shape index (κ1) is 24.4. The van der Waals surface area contributed by atoms with Gasteiger partial charge in [0, 0.05) is 6.07 Å². The van der Waals surface area contributed by atoms with E-state index in [9.17, 15) is 19.2 Å². The van der Waals surface area contributed by atoms with E-state index in [4.69, 9.17) is 23.4 Å². The Morgan fingerprint density at radius 3 is 2.61 bits per heavy atom. The van der Waals surface area contributed by atoms with Gasteiger partial charge >= 0.3 is 12.0 Å². The Labute approximate surface area is 215 Å². The average Bonchev–Trinajstić information content (AvgIpc) is 3.59. The van der Waals surface area contributed by atoms with E-state index in [-0.39, 0.29) is 30.4 Å². The van der Waals surface area contributed by atoms with Crippen molar-refractivity contribution < 1.29 is 47.3 Å². The van der Waals surface area contributed by atoms with E-state index >= 15 is 0 Å². The van der Waals surface area contributed by atoms with Gasteiger partial charge in [-0.3, -0.25) is 14.9 Å². The lowest BCUT2D eigenvalue weighted by Gasteiger charge is -2.26. The SMILES string of the molecule is COC(=O)c1ccc(COc2ccc(C=C3C(=O)NC(=O)N(c4ccc5c(c4)OCO5)C3=O)cc2OC)o1. The number of imide groups is 2. The molecule has 1 aromatic heterocycles. The third-order valence-corrected chi connectivity index (χ3v) is 5.63. The number of nitrogens with zero attached hydrogens (tertiary/aromatic N) is 1. The van der Waals surface area contributed by atoms with Crippen LogP contribution < -0.4 is 29.2 Å². The number of benzene rings is 2. The van der Waals surface area contributed by atoms with Gasteiger partial charge < -0.3 is 28.1 Å². The highest BCUT2D eigenvalue weighted by molar-refractivity contribution is 6.39. The number of furan rings is 1. The molecule has 4 amide bonds. The molecule has 12 heteroatoms. The van der Waals surface area contributed by atoms with E-state index in [2.05, 4.69) is 10.1 Å². The van der Waals surface area contributed by atoms with Gasteiger partial charge in [-0.2, -0.15) is 0 Å². The van der Waals surface area contributed by atoms with Crippen LogP contribution in [0.15, 0.2) is 58.5 Å². The van der Waals surface area contributed by atoms with Gasteiger partial charge in [0.25, 0.3) is 11.8 Å². The number of esters is 1. The predicted molar refractivity (Wildman–Crippen MR) is 129 cm³/mol. The molecular weight excluding hydrogens is 500 g/mol. The van der Waals surface area contributed by atoms with Gasteiger partial charge in [0.05, 0.1) is 19.9 Å². The molecule has 0 saturated carbocycles. The standard InChI is InChI=1S/C26H20N2O10/c1-33-21-10-14(3-6-18(21)35-12-16-5-8-20(38-16)25(31)34-2)9-17-23(29)27-26(32)28(24(17)30)15-4-7-19-22(11-15)37-13-36-19/h3-11H,12-13H2,1-2H3,(H,27,29,32). The van der Waals surface area contributed by atoms with Crippen LogP contribution in [0.1, 0.15) is 21.9 Å². The number of hydrogen-bond acceptors (Lipinski definition) is 10. The van der Waals surface area contributed by atoms with Crippen LogP contribution in [-0.4, -0.2) is 44.8 Å². The van der Waals surface area contributed by atoms with Crippen molar-refractivity contribution in [1.82, 2.24) is 5.32 Å². The Kier molecular flexibility index (Phi) is 6.44. The zero-order chi connectivity index (χ0) is 26.8. The Morgan fingerprint density at radius 2 is 1.82 bits per heavy atom. The number of nitrogens with one attached hydrogen (secondary N) is 1. The number of carbonyl (C=O) groups excluding carboxylic acids is 4. The highest BCUT2D eigenvalue weighted by Crippen LogP contribution is 2.36. The van der Waals surface area contributed by atoms with Crippen molar-refractivity contribution in [3.05, 3.63) is 71.2 Å². The second kappa shape index (κ2) is 10.0. The summed E-state index contributed by atoms with van der Waals surface area (Å²) in [5, 5.41) is 2.18. The zero-order valence-electron chi connectivity index (χ0n) is 20.1. The quantitative estimate of drug-likeness (QED) is 0.280. The lowest BCUT2D eigenvalue weighted by Crippen LogP contribution is -2.54. The maximum absolute atomic E-state index is 13.2. The number of amides is 4. The van der Waals surface area contributed by atoms with Crippen LogP contribution in [0, 0.1) is 0 Å². The van der Waals surface area contributed by atoms with Crippen LogP contribution in [0.25, 0.3) is 6.08 Å². The molecular formula is C26H20N2O10. The molecule has 2 aromatic carbocycles. The molecule has 2 aliphatic heterocycles. The number of ether oxygens (including phenoxy) is 5. The first-order chi connectivity index (χ1) is 18.4. The number of hydrogen-bond donors (Lipinski definition) is 1. The molecule has 5 rings (SSSR count). The second-order valence-corrected chi connectivity index (χ2v) is 7.95. The number of methoxy groups -OCH3 is 2. The van der Waals surface area contributed by atoms with E-state index in [1.54, 1.807) is 30.3 Å². The Hall–Kier alpha value is -5.26. The van der Waals surface area contributed by atoms with Crippen LogP contribution in [0.4, 0.5) is 10.5 Å². The third kappa shape index (κ3) is 4.62. The van der Waals surface area contributed by atoms with E-state index in [0.29, 0.717) is 34.3 Å². The fraction of sp³-hybridized carbons (Fsp3) is 0.154. The maximum Gasteiger partial charge on any atom is 0.373 e. The van der Waals surface area contributed by atoms with Gasteiger partial charge in [-0.25, -0.2) is 14.5 Å². The minimum atomic E-state index is -0.884. The molecule has 3 heterocycles. The van der Waals surface area contributed by atoms with Gasteiger partial charge in [-0.05, 0) is 48.0 Å². The summed E-state index contributed by atoms with van der Waals surface area (Å²) < 4.78 is 31.7. The van der Waals surface area contributed by atoms with Crippen LogP contribution in [0.5, 0.6) is 23.0 Å². The summed E-state index contributed by atoms with van der Waals surface area (Å²) in [6.07, 6.45) is 1.34. The van der Waals surface area contributed by atoms with Gasteiger partial charge in [0.2, 0.25) is 12.6 Å². The molecule has 0 bridgehead atoms. The number of carbonyl (C=O) groups is 4. The number of fused-ring (bicyclic) bond motifs is 1. The Balaban J connectivity index is 1.36. The maximum atomic E-state index is 13.2. The Bertz CT molecular complexity index is 1490. The van der Waals surface area contributed by atoms with Crippen molar-refractivity contribution in [1.29, 1.82) is 0 Å². The second-order valence-electron chi connectivity index (χ2n) is 7.95. The molecule has 1 fully saturated rings. The third-order valence-electron chi connectivity index (χ3n) is 5.63. The number of urea groups is 1. The van der Waals surface area contributed by atoms with Crippen LogP contribution in [0.2, 0.25) is 0 Å². The van der Waals surface area contributed by atoms with E-state index in [1.807, 2.05) is 0 Å². The predicted octanol–water partition coefficient (Wildman–Crippen LogP) is 3.05. The molecule has 0 atom stereocenters. The highest BCUT2D eigenvalue weighted by Gasteiger charge is 2.37. The fourth-order valence-corrected chi connectivity index (χ4v) is 3.79. The van der Waals surface area contributed by atoms with Gasteiger partial charge in [0.15, 0.2) is 23.0 Å². The van der Waals surface area contributed by atoms with Crippen molar-refractivity contribution in [3.63, 3.8) is 0 Å². The molecule has 1 saturated heterocycles. The van der Waals surface area contributed by atoms with Crippen molar-refractivity contribution in [3.8, 4) is 23.0 Å². The fourth-order valence-electron chi connectivity index (χ4n) is 3.79.